The Morgan fingerprint density at radius 3 is 2.86 bits per heavy atom. The standard InChI is InChI=1S/C18H16N6O2S2/c25-17(24-6-2-1-3-7-24)16-23-13-14(19-9-20-15(13)28-16)21-10-4-5-11-12(8-10)27-18(26)22-11/h4-5,8-9H,1-3,6-7H2,(H,22,26)(H,19,20,21). The number of rotatable bonds is 3. The fourth-order valence-electron chi connectivity index (χ4n) is 3.33. The summed E-state index contributed by atoms with van der Waals surface area (Å²) in [5.41, 5.74) is 2.17. The number of nitrogens with one attached hydrogen (secondary N) is 2. The molecule has 10 heteroatoms. The highest BCUT2D eigenvalue weighted by Crippen LogP contribution is 2.29. The van der Waals surface area contributed by atoms with Gasteiger partial charge in [0.25, 0.3) is 5.91 Å². The highest BCUT2D eigenvalue weighted by atomic mass is 32.1. The number of piperidine rings is 1. The normalized spacial score (nSPS) is 14.6. The first-order chi connectivity index (χ1) is 13.7. The zero-order chi connectivity index (χ0) is 19.1. The Kier molecular flexibility index (Phi) is 4.29. The molecule has 0 unspecified atom stereocenters. The van der Waals surface area contributed by atoms with Crippen molar-refractivity contribution in [1.29, 1.82) is 0 Å². The van der Waals surface area contributed by atoms with Gasteiger partial charge in [-0.25, -0.2) is 15.0 Å². The molecule has 142 valence electrons. The Bertz CT molecular complexity index is 1240. The molecule has 0 saturated carbocycles. The molecule has 8 nitrogen and oxygen atoms in total. The maximum Gasteiger partial charge on any atom is 0.305 e. The molecule has 4 heterocycles. The number of anilines is 2. The summed E-state index contributed by atoms with van der Waals surface area (Å²) in [5, 5.41) is 3.68. The van der Waals surface area contributed by atoms with E-state index in [1.165, 1.54) is 24.1 Å². The number of nitrogens with zero attached hydrogens (tertiary/aromatic N) is 4. The third kappa shape index (κ3) is 3.14. The van der Waals surface area contributed by atoms with Gasteiger partial charge in [-0.2, -0.15) is 0 Å². The predicted molar refractivity (Wildman–Crippen MR) is 111 cm³/mol. The van der Waals surface area contributed by atoms with Crippen molar-refractivity contribution in [3.05, 3.63) is 39.2 Å². The first-order valence-corrected chi connectivity index (χ1v) is 10.6. The van der Waals surface area contributed by atoms with Crippen molar-refractivity contribution >= 4 is 60.6 Å². The molecule has 0 radical (unpaired) electrons. The molecular weight excluding hydrogens is 396 g/mol. The van der Waals surface area contributed by atoms with Gasteiger partial charge in [-0.3, -0.25) is 9.59 Å². The van der Waals surface area contributed by atoms with Gasteiger partial charge in [-0.1, -0.05) is 22.7 Å². The van der Waals surface area contributed by atoms with Gasteiger partial charge < -0.3 is 15.2 Å². The number of hydrogen-bond acceptors (Lipinski definition) is 8. The molecule has 1 saturated heterocycles. The van der Waals surface area contributed by atoms with E-state index < -0.39 is 0 Å². The van der Waals surface area contributed by atoms with Crippen LogP contribution < -0.4 is 10.2 Å². The number of H-pyrrole nitrogens is 1. The Morgan fingerprint density at radius 2 is 2.00 bits per heavy atom. The average molecular weight is 413 g/mol. The lowest BCUT2D eigenvalue weighted by molar-refractivity contribution is 0.0724. The maximum absolute atomic E-state index is 12.8. The van der Waals surface area contributed by atoms with Crippen molar-refractivity contribution < 1.29 is 4.79 Å². The molecule has 0 aliphatic carbocycles. The summed E-state index contributed by atoms with van der Waals surface area (Å²) in [6, 6.07) is 5.60. The molecule has 0 bridgehead atoms. The van der Waals surface area contributed by atoms with E-state index in [-0.39, 0.29) is 10.8 Å². The van der Waals surface area contributed by atoms with Crippen LogP contribution in [0.25, 0.3) is 20.6 Å². The number of thiazole rings is 2. The fraction of sp³-hybridized carbons (Fsp3) is 0.278. The first kappa shape index (κ1) is 17.3. The van der Waals surface area contributed by atoms with Crippen LogP contribution in [0.1, 0.15) is 29.1 Å². The number of carbonyl (C=O) groups excluding carboxylic acids is 1. The lowest BCUT2D eigenvalue weighted by atomic mass is 10.1. The number of hydrogen-bond donors (Lipinski definition) is 2. The van der Waals surface area contributed by atoms with E-state index in [9.17, 15) is 9.59 Å². The van der Waals surface area contributed by atoms with E-state index in [0.717, 1.165) is 53.2 Å². The smallest absolute Gasteiger partial charge is 0.305 e. The minimum absolute atomic E-state index is 0.0350. The Balaban J connectivity index is 1.47. The van der Waals surface area contributed by atoms with Crippen LogP contribution in [0.5, 0.6) is 0 Å². The van der Waals surface area contributed by atoms with E-state index in [1.807, 2.05) is 23.1 Å². The van der Waals surface area contributed by atoms with Gasteiger partial charge >= 0.3 is 4.87 Å². The van der Waals surface area contributed by atoms with Gasteiger partial charge in [0, 0.05) is 18.8 Å². The molecule has 1 aromatic carbocycles. The van der Waals surface area contributed by atoms with Crippen molar-refractivity contribution in [1.82, 2.24) is 24.8 Å². The maximum atomic E-state index is 12.8. The van der Waals surface area contributed by atoms with Crippen LogP contribution in [0.4, 0.5) is 11.5 Å². The number of benzene rings is 1. The minimum Gasteiger partial charge on any atom is -0.338 e. The second-order valence-corrected chi connectivity index (χ2v) is 8.59. The summed E-state index contributed by atoms with van der Waals surface area (Å²) in [5.74, 6) is 0.508. The first-order valence-electron chi connectivity index (χ1n) is 8.98. The average Bonchev–Trinajstić information content (AvgIpc) is 3.31. The third-order valence-corrected chi connectivity index (χ3v) is 6.50. The van der Waals surface area contributed by atoms with Crippen LogP contribution in [0, 0.1) is 0 Å². The highest BCUT2D eigenvalue weighted by molar-refractivity contribution is 7.20. The van der Waals surface area contributed by atoms with E-state index in [4.69, 9.17) is 0 Å². The Hall–Kier alpha value is -2.85. The molecule has 1 aliphatic heterocycles. The molecule has 2 N–H and O–H groups in total. The van der Waals surface area contributed by atoms with E-state index in [2.05, 4.69) is 25.3 Å². The fourth-order valence-corrected chi connectivity index (χ4v) is 4.98. The molecule has 1 amide bonds. The summed E-state index contributed by atoms with van der Waals surface area (Å²) >= 11 is 2.45. The number of aromatic amines is 1. The topological polar surface area (TPSA) is 104 Å². The van der Waals surface area contributed by atoms with Crippen molar-refractivity contribution in [3.63, 3.8) is 0 Å². The monoisotopic (exact) mass is 412 g/mol. The van der Waals surface area contributed by atoms with Crippen LogP contribution in [-0.4, -0.2) is 43.8 Å². The quantitative estimate of drug-likeness (QED) is 0.535. The highest BCUT2D eigenvalue weighted by Gasteiger charge is 2.23. The molecule has 1 aliphatic rings. The zero-order valence-electron chi connectivity index (χ0n) is 14.8. The number of amides is 1. The molecule has 3 aromatic heterocycles. The van der Waals surface area contributed by atoms with Gasteiger partial charge in [-0.15, -0.1) is 0 Å². The molecule has 4 aromatic rings. The number of likely N-dealkylation sites (tertiary alicyclic amines) is 1. The summed E-state index contributed by atoms with van der Waals surface area (Å²) in [6.45, 7) is 1.57. The summed E-state index contributed by atoms with van der Waals surface area (Å²) in [4.78, 5) is 42.6. The van der Waals surface area contributed by atoms with Crippen LogP contribution >= 0.6 is 22.7 Å². The molecule has 5 rings (SSSR count). The van der Waals surface area contributed by atoms with E-state index >= 15 is 0 Å². The van der Waals surface area contributed by atoms with Crippen molar-refractivity contribution in [2.24, 2.45) is 0 Å². The second-order valence-electron chi connectivity index (χ2n) is 6.60. The number of aromatic nitrogens is 4. The lowest BCUT2D eigenvalue weighted by Gasteiger charge is -2.25. The molecule has 28 heavy (non-hydrogen) atoms. The molecular formula is C18H16N6O2S2. The zero-order valence-corrected chi connectivity index (χ0v) is 16.4. The van der Waals surface area contributed by atoms with Gasteiger partial charge in [0.05, 0.1) is 10.2 Å². The molecule has 0 spiro atoms. The predicted octanol–water partition coefficient (Wildman–Crippen LogP) is 3.36. The van der Waals surface area contributed by atoms with Gasteiger partial charge in [0.15, 0.2) is 10.8 Å². The number of carbonyl (C=O) groups is 1. The van der Waals surface area contributed by atoms with Crippen molar-refractivity contribution in [2.45, 2.75) is 19.3 Å². The number of fused-ring (bicyclic) bond motifs is 2. The second kappa shape index (κ2) is 6.95. The third-order valence-electron chi connectivity index (χ3n) is 4.71. The van der Waals surface area contributed by atoms with Gasteiger partial charge in [0.1, 0.15) is 16.7 Å². The summed E-state index contributed by atoms with van der Waals surface area (Å²) in [7, 11) is 0. The molecule has 1 fully saturated rings. The van der Waals surface area contributed by atoms with Crippen LogP contribution in [0.2, 0.25) is 0 Å². The summed E-state index contributed by atoms with van der Waals surface area (Å²) in [6.07, 6.45) is 4.71. The van der Waals surface area contributed by atoms with Gasteiger partial charge in [-0.05, 0) is 37.5 Å². The lowest BCUT2D eigenvalue weighted by Crippen LogP contribution is -2.35. The van der Waals surface area contributed by atoms with Crippen LogP contribution in [-0.2, 0) is 0 Å². The Labute approximate surface area is 167 Å². The van der Waals surface area contributed by atoms with E-state index in [0.29, 0.717) is 21.2 Å². The van der Waals surface area contributed by atoms with Crippen LogP contribution in [0.3, 0.4) is 0 Å². The van der Waals surface area contributed by atoms with Crippen LogP contribution in [0.15, 0.2) is 29.3 Å². The largest absolute Gasteiger partial charge is 0.338 e. The molecule has 0 atom stereocenters. The van der Waals surface area contributed by atoms with Crippen molar-refractivity contribution in [3.8, 4) is 0 Å². The van der Waals surface area contributed by atoms with Gasteiger partial charge in [0.2, 0.25) is 0 Å². The van der Waals surface area contributed by atoms with Crippen molar-refractivity contribution in [2.75, 3.05) is 18.4 Å². The van der Waals surface area contributed by atoms with E-state index in [1.54, 1.807) is 0 Å². The Morgan fingerprint density at radius 1 is 1.14 bits per heavy atom. The minimum atomic E-state index is -0.0862. The summed E-state index contributed by atoms with van der Waals surface area (Å²) < 4.78 is 0.861. The SMILES string of the molecule is O=C(c1nc2c(Nc3ccc4[nH]c(=O)sc4c3)ncnc2s1)N1CCCCC1.